The molecule has 4 heteroatoms. The quantitative estimate of drug-likeness (QED) is 0.759. The number of nitrogens with one attached hydrogen (secondary N) is 1. The zero-order valence-corrected chi connectivity index (χ0v) is 11.4. The third kappa shape index (κ3) is 3.40. The minimum atomic E-state index is 0.295. The molecule has 4 N–H and O–H groups in total. The summed E-state index contributed by atoms with van der Waals surface area (Å²) >= 11 is 3.38. The maximum atomic E-state index is 9.19. The van der Waals surface area contributed by atoms with E-state index in [2.05, 4.69) is 21.2 Å². The molecule has 0 heterocycles. The highest BCUT2D eigenvalue weighted by Crippen LogP contribution is 2.22. The van der Waals surface area contributed by atoms with Gasteiger partial charge in [0.25, 0.3) is 0 Å². The van der Waals surface area contributed by atoms with E-state index in [0.717, 1.165) is 28.8 Å². The van der Waals surface area contributed by atoms with Gasteiger partial charge in [-0.25, -0.2) is 0 Å². The van der Waals surface area contributed by atoms with Crippen molar-refractivity contribution in [2.75, 3.05) is 17.6 Å². The van der Waals surface area contributed by atoms with Crippen molar-refractivity contribution in [2.45, 2.75) is 6.42 Å². The van der Waals surface area contributed by atoms with Gasteiger partial charge in [0.15, 0.2) is 0 Å². The van der Waals surface area contributed by atoms with E-state index in [1.54, 1.807) is 12.1 Å². The average Bonchev–Trinajstić information content (AvgIpc) is 2.34. The maximum Gasteiger partial charge on any atom is 0.115 e. The zero-order valence-electron chi connectivity index (χ0n) is 9.86. The molecule has 0 aliphatic carbocycles. The summed E-state index contributed by atoms with van der Waals surface area (Å²) in [4.78, 5) is 0. The van der Waals surface area contributed by atoms with Crippen LogP contribution in [-0.2, 0) is 6.42 Å². The molecule has 2 aromatic carbocycles. The van der Waals surface area contributed by atoms with E-state index in [0.29, 0.717) is 5.75 Å². The van der Waals surface area contributed by atoms with Gasteiger partial charge in [-0.15, -0.1) is 0 Å². The van der Waals surface area contributed by atoms with Crippen LogP contribution in [0, 0.1) is 0 Å². The second-order valence-electron chi connectivity index (χ2n) is 4.07. The van der Waals surface area contributed by atoms with Crippen LogP contribution < -0.4 is 11.1 Å². The highest BCUT2D eigenvalue weighted by atomic mass is 79.9. The molecule has 18 heavy (non-hydrogen) atoms. The standard InChI is InChI=1S/C14H15BrN2O/c15-11-3-6-14(13(16)9-11)17-8-7-10-1-4-12(18)5-2-10/h1-6,9,17-18H,7-8,16H2. The first-order chi connectivity index (χ1) is 8.65. The van der Waals surface area contributed by atoms with Gasteiger partial charge in [-0.05, 0) is 42.3 Å². The summed E-state index contributed by atoms with van der Waals surface area (Å²) in [5.41, 5.74) is 8.75. The summed E-state index contributed by atoms with van der Waals surface area (Å²) in [6.07, 6.45) is 0.885. The molecular formula is C14H15BrN2O. The molecule has 0 atom stereocenters. The number of hydrogen-bond donors (Lipinski definition) is 3. The molecule has 2 rings (SSSR count). The number of aromatic hydroxyl groups is 1. The van der Waals surface area contributed by atoms with E-state index in [9.17, 15) is 5.11 Å². The first kappa shape index (κ1) is 12.8. The minimum absolute atomic E-state index is 0.295. The Bertz CT molecular complexity index is 526. The van der Waals surface area contributed by atoms with Gasteiger partial charge in [-0.1, -0.05) is 28.1 Å². The molecule has 0 aliphatic heterocycles. The van der Waals surface area contributed by atoms with Gasteiger partial charge in [0.1, 0.15) is 5.75 Å². The smallest absolute Gasteiger partial charge is 0.115 e. The van der Waals surface area contributed by atoms with Gasteiger partial charge in [0, 0.05) is 11.0 Å². The topological polar surface area (TPSA) is 58.3 Å². The lowest BCUT2D eigenvalue weighted by molar-refractivity contribution is 0.475. The number of nitrogen functional groups attached to an aromatic ring is 1. The van der Waals surface area contributed by atoms with Crippen molar-refractivity contribution in [1.29, 1.82) is 0 Å². The third-order valence-corrected chi connectivity index (χ3v) is 3.17. The predicted molar refractivity (Wildman–Crippen MR) is 78.9 cm³/mol. The third-order valence-electron chi connectivity index (χ3n) is 2.68. The molecule has 0 saturated heterocycles. The fraction of sp³-hybridized carbons (Fsp3) is 0.143. The van der Waals surface area contributed by atoms with Gasteiger partial charge < -0.3 is 16.2 Å². The number of phenolic OH excluding ortho intramolecular Hbond substituents is 1. The minimum Gasteiger partial charge on any atom is -0.508 e. The summed E-state index contributed by atoms with van der Waals surface area (Å²) in [5, 5.41) is 12.5. The Morgan fingerprint density at radius 1 is 1.11 bits per heavy atom. The van der Waals surface area contributed by atoms with Gasteiger partial charge in [0.2, 0.25) is 0 Å². The summed E-state index contributed by atoms with van der Waals surface area (Å²) in [6.45, 7) is 0.802. The number of halogens is 1. The molecule has 0 aliphatic rings. The van der Waals surface area contributed by atoms with Crippen molar-refractivity contribution in [3.63, 3.8) is 0 Å². The molecule has 94 valence electrons. The van der Waals surface area contributed by atoms with Crippen LogP contribution >= 0.6 is 15.9 Å². The van der Waals surface area contributed by atoms with E-state index in [1.165, 1.54) is 5.56 Å². The summed E-state index contributed by atoms with van der Waals surface area (Å²) in [6, 6.07) is 13.0. The van der Waals surface area contributed by atoms with E-state index in [-0.39, 0.29) is 0 Å². The van der Waals surface area contributed by atoms with Crippen LogP contribution in [0.4, 0.5) is 11.4 Å². The number of phenols is 1. The number of hydrogen-bond acceptors (Lipinski definition) is 3. The van der Waals surface area contributed by atoms with Crippen molar-refractivity contribution in [1.82, 2.24) is 0 Å². The predicted octanol–water partition coefficient (Wildman–Crippen LogP) is 3.39. The highest BCUT2D eigenvalue weighted by molar-refractivity contribution is 9.10. The fourth-order valence-corrected chi connectivity index (χ4v) is 2.08. The van der Waals surface area contributed by atoms with Crippen LogP contribution in [0.3, 0.4) is 0 Å². The number of benzene rings is 2. The van der Waals surface area contributed by atoms with Crippen LogP contribution in [0.2, 0.25) is 0 Å². The summed E-state index contributed by atoms with van der Waals surface area (Å²) in [5.74, 6) is 0.295. The van der Waals surface area contributed by atoms with E-state index in [4.69, 9.17) is 5.73 Å². The number of anilines is 2. The van der Waals surface area contributed by atoms with Crippen LogP contribution in [0.15, 0.2) is 46.9 Å². The van der Waals surface area contributed by atoms with E-state index >= 15 is 0 Å². The molecule has 0 fully saturated rings. The normalized spacial score (nSPS) is 10.3. The van der Waals surface area contributed by atoms with Crippen molar-refractivity contribution in [3.05, 3.63) is 52.5 Å². The van der Waals surface area contributed by atoms with Crippen molar-refractivity contribution >= 4 is 27.3 Å². The second-order valence-corrected chi connectivity index (χ2v) is 4.99. The molecule has 0 radical (unpaired) electrons. The van der Waals surface area contributed by atoms with E-state index in [1.807, 2.05) is 30.3 Å². The Hall–Kier alpha value is -1.68. The van der Waals surface area contributed by atoms with Crippen molar-refractivity contribution < 1.29 is 5.11 Å². The van der Waals surface area contributed by atoms with Gasteiger partial charge in [-0.2, -0.15) is 0 Å². The van der Waals surface area contributed by atoms with Crippen LogP contribution in [0.1, 0.15) is 5.56 Å². The van der Waals surface area contributed by atoms with Crippen LogP contribution in [0.25, 0.3) is 0 Å². The Balaban J connectivity index is 1.90. The molecule has 3 nitrogen and oxygen atoms in total. The molecule has 0 bridgehead atoms. The highest BCUT2D eigenvalue weighted by Gasteiger charge is 1.99. The van der Waals surface area contributed by atoms with Crippen LogP contribution in [0.5, 0.6) is 5.75 Å². The lowest BCUT2D eigenvalue weighted by Gasteiger charge is -2.09. The lowest BCUT2D eigenvalue weighted by atomic mass is 10.1. The number of rotatable bonds is 4. The maximum absolute atomic E-state index is 9.19. The van der Waals surface area contributed by atoms with Crippen molar-refractivity contribution in [2.24, 2.45) is 0 Å². The van der Waals surface area contributed by atoms with Crippen molar-refractivity contribution in [3.8, 4) is 5.75 Å². The van der Waals surface area contributed by atoms with Crippen LogP contribution in [-0.4, -0.2) is 11.7 Å². The molecule has 0 unspecified atom stereocenters. The Morgan fingerprint density at radius 2 is 1.83 bits per heavy atom. The fourth-order valence-electron chi connectivity index (χ4n) is 1.70. The Labute approximate surface area is 115 Å². The van der Waals surface area contributed by atoms with E-state index < -0.39 is 0 Å². The molecule has 2 aromatic rings. The molecule has 0 spiro atoms. The van der Waals surface area contributed by atoms with Gasteiger partial charge >= 0.3 is 0 Å². The largest absolute Gasteiger partial charge is 0.508 e. The molecule has 0 saturated carbocycles. The Kier molecular flexibility index (Phi) is 4.10. The first-order valence-electron chi connectivity index (χ1n) is 5.72. The Morgan fingerprint density at radius 3 is 2.50 bits per heavy atom. The number of nitrogens with two attached hydrogens (primary N) is 1. The average molecular weight is 307 g/mol. The summed E-state index contributed by atoms with van der Waals surface area (Å²) in [7, 11) is 0. The van der Waals surface area contributed by atoms with Gasteiger partial charge in [0.05, 0.1) is 11.4 Å². The second kappa shape index (κ2) is 5.78. The first-order valence-corrected chi connectivity index (χ1v) is 6.51. The lowest BCUT2D eigenvalue weighted by Crippen LogP contribution is -2.06. The molecule has 0 aromatic heterocycles. The monoisotopic (exact) mass is 306 g/mol. The SMILES string of the molecule is Nc1cc(Br)ccc1NCCc1ccc(O)cc1. The molecule has 0 amide bonds. The van der Waals surface area contributed by atoms with Gasteiger partial charge in [-0.3, -0.25) is 0 Å². The zero-order chi connectivity index (χ0) is 13.0. The summed E-state index contributed by atoms with van der Waals surface area (Å²) < 4.78 is 0.976. The molecular weight excluding hydrogens is 292 g/mol.